The van der Waals surface area contributed by atoms with Gasteiger partial charge in [-0.25, -0.2) is 0 Å². The van der Waals surface area contributed by atoms with E-state index in [9.17, 15) is 0 Å². The molecule has 0 radical (unpaired) electrons. The minimum Gasteiger partial charge on any atom is -0.465 e. The average Bonchev–Trinajstić information content (AvgIpc) is 2.86. The zero-order valence-corrected chi connectivity index (χ0v) is 11.4. The Morgan fingerprint density at radius 3 is 2.84 bits per heavy atom. The van der Waals surface area contributed by atoms with Crippen LogP contribution in [0.2, 0.25) is 0 Å². The highest BCUT2D eigenvalue weighted by Crippen LogP contribution is 2.25. The van der Waals surface area contributed by atoms with Crippen LogP contribution in [0, 0.1) is 0 Å². The summed E-state index contributed by atoms with van der Waals surface area (Å²) in [6, 6.07) is 10.4. The van der Waals surface area contributed by atoms with Crippen molar-refractivity contribution in [1.82, 2.24) is 4.90 Å². The third-order valence-electron chi connectivity index (χ3n) is 3.83. The van der Waals surface area contributed by atoms with Gasteiger partial charge < -0.3 is 10.2 Å². The quantitative estimate of drug-likeness (QED) is 0.858. The largest absolute Gasteiger partial charge is 0.465 e. The molecule has 1 aliphatic rings. The number of aryl methyl sites for hydroxylation is 1. The number of furan rings is 1. The van der Waals surface area contributed by atoms with Crippen molar-refractivity contribution in [2.24, 2.45) is 0 Å². The SMILES string of the molecule is CCc1ccc(CN2CCc3c(N)cccc3C2)o1. The maximum Gasteiger partial charge on any atom is 0.118 e. The second kappa shape index (κ2) is 5.10. The van der Waals surface area contributed by atoms with Crippen molar-refractivity contribution in [2.45, 2.75) is 32.9 Å². The lowest BCUT2D eigenvalue weighted by Gasteiger charge is -2.28. The Morgan fingerprint density at radius 1 is 1.21 bits per heavy atom. The van der Waals surface area contributed by atoms with Crippen molar-refractivity contribution < 1.29 is 4.42 Å². The lowest BCUT2D eigenvalue weighted by atomic mass is 9.98. The van der Waals surface area contributed by atoms with Gasteiger partial charge in [0.25, 0.3) is 0 Å². The number of hydrogen-bond donors (Lipinski definition) is 1. The van der Waals surface area contributed by atoms with Crippen LogP contribution in [0.3, 0.4) is 0 Å². The van der Waals surface area contributed by atoms with Crippen LogP contribution in [0.15, 0.2) is 34.7 Å². The minimum atomic E-state index is 0.883. The fourth-order valence-corrected chi connectivity index (χ4v) is 2.75. The Labute approximate surface area is 114 Å². The fraction of sp³-hybridized carbons (Fsp3) is 0.375. The Morgan fingerprint density at radius 2 is 2.05 bits per heavy atom. The summed E-state index contributed by atoms with van der Waals surface area (Å²) in [6.45, 7) is 5.00. The lowest BCUT2D eigenvalue weighted by Crippen LogP contribution is -2.30. The van der Waals surface area contributed by atoms with Gasteiger partial charge in [0.05, 0.1) is 6.54 Å². The molecule has 2 heterocycles. The predicted octanol–water partition coefficient (Wildman–Crippen LogP) is 2.98. The van der Waals surface area contributed by atoms with Crippen LogP contribution in [0.25, 0.3) is 0 Å². The van der Waals surface area contributed by atoms with E-state index in [1.807, 2.05) is 12.1 Å². The van der Waals surface area contributed by atoms with E-state index < -0.39 is 0 Å². The third kappa shape index (κ3) is 2.51. The van der Waals surface area contributed by atoms with Gasteiger partial charge in [-0.2, -0.15) is 0 Å². The first-order valence-corrected chi connectivity index (χ1v) is 6.92. The van der Waals surface area contributed by atoms with Gasteiger partial charge in [0, 0.05) is 25.2 Å². The molecule has 1 aromatic heterocycles. The van der Waals surface area contributed by atoms with Gasteiger partial charge in [0.1, 0.15) is 11.5 Å². The summed E-state index contributed by atoms with van der Waals surface area (Å²) in [7, 11) is 0. The van der Waals surface area contributed by atoms with Gasteiger partial charge in [0.2, 0.25) is 0 Å². The summed E-state index contributed by atoms with van der Waals surface area (Å²) >= 11 is 0. The van der Waals surface area contributed by atoms with Crippen molar-refractivity contribution in [3.8, 4) is 0 Å². The number of nitrogen functional groups attached to an aromatic ring is 1. The van der Waals surface area contributed by atoms with Crippen molar-refractivity contribution in [2.75, 3.05) is 12.3 Å². The first kappa shape index (κ1) is 12.3. The van der Waals surface area contributed by atoms with Crippen molar-refractivity contribution in [3.63, 3.8) is 0 Å². The van der Waals surface area contributed by atoms with Crippen LogP contribution < -0.4 is 5.73 Å². The molecule has 0 saturated carbocycles. The predicted molar refractivity (Wildman–Crippen MR) is 76.8 cm³/mol. The van der Waals surface area contributed by atoms with Crippen LogP contribution in [-0.2, 0) is 25.9 Å². The first-order chi connectivity index (χ1) is 9.26. The van der Waals surface area contributed by atoms with E-state index in [0.29, 0.717) is 0 Å². The zero-order valence-electron chi connectivity index (χ0n) is 11.4. The Balaban J connectivity index is 1.72. The zero-order chi connectivity index (χ0) is 13.2. The molecule has 0 aliphatic carbocycles. The van der Waals surface area contributed by atoms with Gasteiger partial charge in [-0.1, -0.05) is 19.1 Å². The summed E-state index contributed by atoms with van der Waals surface area (Å²) < 4.78 is 5.78. The molecule has 3 rings (SSSR count). The standard InChI is InChI=1S/C16H20N2O/c1-2-13-6-7-14(19-13)11-18-9-8-15-12(10-18)4-3-5-16(15)17/h3-7H,2,8-11,17H2,1H3. The summed E-state index contributed by atoms with van der Waals surface area (Å²) in [5.41, 5.74) is 9.64. The maximum absolute atomic E-state index is 6.02. The molecule has 0 spiro atoms. The number of nitrogens with zero attached hydrogens (tertiary/aromatic N) is 1. The van der Waals surface area contributed by atoms with Gasteiger partial charge in [-0.05, 0) is 35.7 Å². The number of fused-ring (bicyclic) bond motifs is 1. The van der Waals surface area contributed by atoms with Crippen LogP contribution in [-0.4, -0.2) is 11.4 Å². The highest BCUT2D eigenvalue weighted by molar-refractivity contribution is 5.51. The molecule has 2 aromatic rings. The molecule has 19 heavy (non-hydrogen) atoms. The Hall–Kier alpha value is -1.74. The molecular formula is C16H20N2O. The third-order valence-corrected chi connectivity index (χ3v) is 3.83. The Kier molecular flexibility index (Phi) is 3.30. The van der Waals surface area contributed by atoms with Crippen molar-refractivity contribution in [3.05, 3.63) is 53.0 Å². The van der Waals surface area contributed by atoms with Gasteiger partial charge in [0.15, 0.2) is 0 Å². The molecule has 0 amide bonds. The Bertz CT molecular complexity index is 574. The summed E-state index contributed by atoms with van der Waals surface area (Å²) in [4.78, 5) is 2.42. The fourth-order valence-electron chi connectivity index (χ4n) is 2.75. The van der Waals surface area contributed by atoms with E-state index in [0.717, 1.165) is 49.7 Å². The number of rotatable bonds is 3. The van der Waals surface area contributed by atoms with E-state index in [1.165, 1.54) is 11.1 Å². The smallest absolute Gasteiger partial charge is 0.118 e. The van der Waals surface area contributed by atoms with Crippen LogP contribution >= 0.6 is 0 Å². The van der Waals surface area contributed by atoms with E-state index in [2.05, 4.69) is 30.0 Å². The molecular weight excluding hydrogens is 236 g/mol. The molecule has 0 saturated heterocycles. The van der Waals surface area contributed by atoms with E-state index in [4.69, 9.17) is 10.2 Å². The number of nitrogens with two attached hydrogens (primary N) is 1. The molecule has 1 aliphatic heterocycles. The second-order valence-corrected chi connectivity index (χ2v) is 5.17. The van der Waals surface area contributed by atoms with Gasteiger partial charge >= 0.3 is 0 Å². The maximum atomic E-state index is 6.02. The van der Waals surface area contributed by atoms with E-state index in [-0.39, 0.29) is 0 Å². The molecule has 0 unspecified atom stereocenters. The summed E-state index contributed by atoms with van der Waals surface area (Å²) in [5.74, 6) is 2.13. The molecule has 2 N–H and O–H groups in total. The second-order valence-electron chi connectivity index (χ2n) is 5.17. The van der Waals surface area contributed by atoms with Crippen LogP contribution in [0.4, 0.5) is 5.69 Å². The molecule has 3 nitrogen and oxygen atoms in total. The summed E-state index contributed by atoms with van der Waals surface area (Å²) in [6.07, 6.45) is 1.99. The van der Waals surface area contributed by atoms with Gasteiger partial charge in [-0.15, -0.1) is 0 Å². The monoisotopic (exact) mass is 256 g/mol. The number of benzene rings is 1. The average molecular weight is 256 g/mol. The van der Waals surface area contributed by atoms with E-state index in [1.54, 1.807) is 0 Å². The molecule has 100 valence electrons. The van der Waals surface area contributed by atoms with Gasteiger partial charge in [-0.3, -0.25) is 4.90 Å². The lowest BCUT2D eigenvalue weighted by molar-refractivity contribution is 0.224. The molecule has 1 aromatic carbocycles. The normalized spacial score (nSPS) is 15.4. The van der Waals surface area contributed by atoms with Crippen LogP contribution in [0.1, 0.15) is 29.6 Å². The summed E-state index contributed by atoms with van der Waals surface area (Å²) in [5, 5.41) is 0. The molecule has 0 fully saturated rings. The van der Waals surface area contributed by atoms with Crippen molar-refractivity contribution in [1.29, 1.82) is 0 Å². The molecule has 3 heteroatoms. The van der Waals surface area contributed by atoms with E-state index >= 15 is 0 Å². The highest BCUT2D eigenvalue weighted by atomic mass is 16.3. The topological polar surface area (TPSA) is 42.4 Å². The van der Waals surface area contributed by atoms with Crippen molar-refractivity contribution >= 4 is 5.69 Å². The number of anilines is 1. The molecule has 0 atom stereocenters. The minimum absolute atomic E-state index is 0.883. The highest BCUT2D eigenvalue weighted by Gasteiger charge is 2.18. The van der Waals surface area contributed by atoms with Crippen LogP contribution in [0.5, 0.6) is 0 Å². The molecule has 0 bridgehead atoms. The first-order valence-electron chi connectivity index (χ1n) is 6.92. The number of hydrogen-bond acceptors (Lipinski definition) is 3.